The maximum Gasteiger partial charge on any atom is 0.405 e. The third kappa shape index (κ3) is 14.5. The van der Waals surface area contributed by atoms with Crippen LogP contribution in [0, 0.1) is 29.6 Å². The van der Waals surface area contributed by atoms with Crippen molar-refractivity contribution in [2.75, 3.05) is 27.8 Å². The molecule has 0 aromatic rings. The summed E-state index contributed by atoms with van der Waals surface area (Å²) in [6, 6.07) is -0.399. The number of nitrogens with zero attached hydrogens (tertiary/aromatic N) is 2. The summed E-state index contributed by atoms with van der Waals surface area (Å²) in [6.45, 7) is 18.8. The first-order valence-electron chi connectivity index (χ1n) is 24.8. The lowest BCUT2D eigenvalue weighted by Gasteiger charge is -2.49. The van der Waals surface area contributed by atoms with Crippen LogP contribution in [0.4, 0.5) is 4.79 Å². The van der Waals surface area contributed by atoms with Crippen LogP contribution in [0.2, 0.25) is 0 Å². The van der Waals surface area contributed by atoms with Gasteiger partial charge in [0.05, 0.1) is 53.8 Å². The molecule has 3 aliphatic heterocycles. The van der Waals surface area contributed by atoms with Gasteiger partial charge in [-0.25, -0.2) is 4.79 Å². The average Bonchev–Trinajstić information content (AvgIpc) is 3.25. The van der Waals surface area contributed by atoms with Gasteiger partial charge in [0.2, 0.25) is 0 Å². The van der Waals surface area contributed by atoms with Crippen molar-refractivity contribution >= 4 is 23.7 Å². The van der Waals surface area contributed by atoms with E-state index in [9.17, 15) is 29.7 Å². The Morgan fingerprint density at radius 2 is 1.57 bits per heavy atom. The second kappa shape index (κ2) is 24.4. The van der Waals surface area contributed by atoms with Gasteiger partial charge in [0, 0.05) is 38.2 Å². The smallest absolute Gasteiger partial charge is 0.405 e. The summed E-state index contributed by atoms with van der Waals surface area (Å²) >= 11 is 0. The number of methoxy groups -OCH3 is 1. The molecule has 5 N–H and O–H groups in total. The number of ether oxygens (including phenoxy) is 8. The number of hydrogen-bond donors (Lipinski definition) is 4. The molecule has 0 aromatic heterocycles. The number of nitrogens with two attached hydrogens (primary N) is 1. The number of aliphatic hydroxyl groups excluding tert-OH is 1. The molecule has 0 bridgehead atoms. The molecule has 388 valence electrons. The highest BCUT2D eigenvalue weighted by Crippen LogP contribution is 2.42. The van der Waals surface area contributed by atoms with E-state index in [0.717, 1.165) is 12.8 Å². The van der Waals surface area contributed by atoms with Crippen LogP contribution in [-0.2, 0) is 52.3 Å². The molecule has 0 spiro atoms. The van der Waals surface area contributed by atoms with Crippen molar-refractivity contribution in [3.05, 3.63) is 0 Å². The first kappa shape index (κ1) is 56.9. The van der Waals surface area contributed by atoms with Gasteiger partial charge in [0.15, 0.2) is 24.8 Å². The molecular weight excluding hydrogens is 871 g/mol. The zero-order valence-corrected chi connectivity index (χ0v) is 42.9. The zero-order chi connectivity index (χ0) is 50.2. The second-order valence-corrected chi connectivity index (χ2v) is 21.1. The second-order valence-electron chi connectivity index (χ2n) is 21.1. The van der Waals surface area contributed by atoms with Crippen LogP contribution >= 0.6 is 0 Å². The Labute approximate surface area is 399 Å². The fourth-order valence-electron chi connectivity index (χ4n) is 11.3. The predicted octanol–water partition coefficient (Wildman–Crippen LogP) is 5.62. The largest absolute Gasteiger partial charge is 0.459 e. The minimum Gasteiger partial charge on any atom is -0.459 e. The van der Waals surface area contributed by atoms with Crippen molar-refractivity contribution < 1.29 is 72.4 Å². The number of primary amides is 1. The van der Waals surface area contributed by atoms with Gasteiger partial charge in [-0.1, -0.05) is 65.0 Å². The Balaban J connectivity index is 1.86. The molecule has 18 heteroatoms. The van der Waals surface area contributed by atoms with Crippen molar-refractivity contribution in [2.24, 2.45) is 40.5 Å². The number of likely N-dealkylation sites (N-methyl/N-ethyl adjacent to an activating group) is 1. The van der Waals surface area contributed by atoms with Crippen LogP contribution in [0.15, 0.2) is 5.16 Å². The number of oxime groups is 1. The predicted molar refractivity (Wildman–Crippen MR) is 248 cm³/mol. The van der Waals surface area contributed by atoms with E-state index in [-0.39, 0.29) is 25.4 Å². The molecule has 1 amide bonds. The maximum absolute atomic E-state index is 14.6. The Hall–Kier alpha value is -2.68. The Morgan fingerprint density at radius 3 is 2.15 bits per heavy atom. The van der Waals surface area contributed by atoms with Gasteiger partial charge >= 0.3 is 18.0 Å². The van der Waals surface area contributed by atoms with E-state index in [1.54, 1.807) is 48.5 Å². The molecule has 18 atom stereocenters. The number of carbonyl (C=O) groups excluding carboxylic acids is 3. The highest BCUT2D eigenvalue weighted by atomic mass is 16.7. The molecule has 4 aliphatic rings. The first-order chi connectivity index (χ1) is 31.3. The van der Waals surface area contributed by atoms with E-state index < -0.39 is 120 Å². The van der Waals surface area contributed by atoms with Crippen LogP contribution in [0.25, 0.3) is 0 Å². The van der Waals surface area contributed by atoms with Gasteiger partial charge in [-0.3, -0.25) is 9.59 Å². The Kier molecular flexibility index (Phi) is 20.8. The number of aliphatic hydroxyl groups is 3. The van der Waals surface area contributed by atoms with Crippen LogP contribution in [-0.4, -0.2) is 156 Å². The number of amides is 1. The highest BCUT2D eigenvalue weighted by Gasteiger charge is 2.54. The standard InChI is InChI=1S/C49H87N3O15/c1-15-36-49(11,58)41(54)29(4)38(51-60-23-19-22-34-20-17-16-18-21-34)27(2)25-47(9,57)42(67-45-40(66-46(50)56)35(52(12)13)24-28(3)61-45)30(5)39(31(6)44(55)64-36)65-37-26-48(10,59-14)43(32(7)62-37)63-33(8)53/h27-32,34-37,39-43,45,54,57-58H,15-26H2,1-14H3,(H2,50,56)/b51-38+/t27-,28-,29+,30+,31-,32+,35+,36-,37+,39+,40-,41-,42-,43+,45?,47?,48-,49-/m1/s1. The minimum absolute atomic E-state index is 0.0300. The Morgan fingerprint density at radius 1 is 0.910 bits per heavy atom. The van der Waals surface area contributed by atoms with Crippen LogP contribution < -0.4 is 5.73 Å². The summed E-state index contributed by atoms with van der Waals surface area (Å²) in [6.07, 6.45) is -2.73. The number of cyclic esters (lactones) is 1. The highest BCUT2D eigenvalue weighted by molar-refractivity contribution is 5.88. The van der Waals surface area contributed by atoms with Crippen molar-refractivity contribution in [1.82, 2.24) is 4.90 Å². The molecule has 67 heavy (non-hydrogen) atoms. The van der Waals surface area contributed by atoms with Gasteiger partial charge in [-0.05, 0) is 93.7 Å². The summed E-state index contributed by atoms with van der Waals surface area (Å²) < 4.78 is 50.1. The molecule has 0 radical (unpaired) electrons. The van der Waals surface area contributed by atoms with E-state index >= 15 is 0 Å². The van der Waals surface area contributed by atoms with Gasteiger partial charge in [0.1, 0.15) is 23.9 Å². The van der Waals surface area contributed by atoms with Crippen molar-refractivity contribution in [2.45, 2.75) is 231 Å². The van der Waals surface area contributed by atoms with Gasteiger partial charge < -0.3 is 68.7 Å². The SMILES string of the molecule is CC[C@H]1OC(=O)[C@H](C)[C@@H](O[C@H]2C[C@@](C)(OC)[C@@H](OC(C)=O)[C@H](C)O2)[C@H](C)[C@@H](OC2O[C@H](C)C[C@H](N(C)C)[C@H]2OC(N)=O)C(C)(O)C[C@@H](C)/C(=N\OCCCC2CCCCC2)[C@H](C)[C@@H](O)[C@]1(C)O. The van der Waals surface area contributed by atoms with Gasteiger partial charge in [-0.15, -0.1) is 0 Å². The zero-order valence-electron chi connectivity index (χ0n) is 42.9. The molecular formula is C49H87N3O15. The molecule has 3 saturated heterocycles. The summed E-state index contributed by atoms with van der Waals surface area (Å²) in [5.41, 5.74) is 1.17. The summed E-state index contributed by atoms with van der Waals surface area (Å²) in [5, 5.41) is 42.0. The fraction of sp³-hybridized carbons (Fsp3) is 0.918. The first-order valence-corrected chi connectivity index (χ1v) is 24.8. The lowest BCUT2D eigenvalue weighted by Crippen LogP contribution is -2.62. The third-order valence-electron chi connectivity index (χ3n) is 15.1. The van der Waals surface area contributed by atoms with Gasteiger partial charge in [0.25, 0.3) is 0 Å². The van der Waals surface area contributed by atoms with Crippen LogP contribution in [0.1, 0.15) is 147 Å². The molecule has 4 rings (SSSR count). The quantitative estimate of drug-likeness (QED) is 0.0715. The van der Waals surface area contributed by atoms with Crippen LogP contribution in [0.3, 0.4) is 0 Å². The van der Waals surface area contributed by atoms with E-state index in [2.05, 4.69) is 5.16 Å². The summed E-state index contributed by atoms with van der Waals surface area (Å²) in [5.74, 6) is -4.08. The topological polar surface area (TPSA) is 237 Å². The molecule has 1 saturated carbocycles. The van der Waals surface area contributed by atoms with E-state index in [1.165, 1.54) is 53.1 Å². The van der Waals surface area contributed by atoms with Crippen molar-refractivity contribution in [3.63, 3.8) is 0 Å². The molecule has 0 aromatic carbocycles. The van der Waals surface area contributed by atoms with Crippen LogP contribution in [0.5, 0.6) is 0 Å². The normalized spacial score (nSPS) is 42.7. The van der Waals surface area contributed by atoms with Gasteiger partial charge in [-0.2, -0.15) is 0 Å². The third-order valence-corrected chi connectivity index (χ3v) is 15.1. The Bertz CT molecular complexity index is 1630. The number of rotatable bonds is 14. The van der Waals surface area contributed by atoms with E-state index in [1.807, 2.05) is 32.8 Å². The molecule has 4 fully saturated rings. The molecule has 18 nitrogen and oxygen atoms in total. The average molecular weight is 958 g/mol. The van der Waals surface area contributed by atoms with E-state index in [0.29, 0.717) is 24.7 Å². The number of carbonyl (C=O) groups is 3. The molecule has 3 heterocycles. The van der Waals surface area contributed by atoms with Crippen molar-refractivity contribution in [3.8, 4) is 0 Å². The summed E-state index contributed by atoms with van der Waals surface area (Å²) in [4.78, 5) is 47.2. The molecule has 1 aliphatic carbocycles. The fourth-order valence-corrected chi connectivity index (χ4v) is 11.3. The lowest BCUT2D eigenvalue weighted by molar-refractivity contribution is -0.318. The monoisotopic (exact) mass is 958 g/mol. The summed E-state index contributed by atoms with van der Waals surface area (Å²) in [7, 11) is 5.19. The van der Waals surface area contributed by atoms with Crippen molar-refractivity contribution in [1.29, 1.82) is 0 Å². The number of hydrogen-bond acceptors (Lipinski definition) is 17. The minimum atomic E-state index is -1.97. The molecule has 2 unspecified atom stereocenters. The lowest BCUT2D eigenvalue weighted by atomic mass is 9.73. The number of esters is 2. The maximum atomic E-state index is 14.6. The van der Waals surface area contributed by atoms with E-state index in [4.69, 9.17) is 48.5 Å².